The first-order valence-corrected chi connectivity index (χ1v) is 16.4. The third-order valence-corrected chi connectivity index (χ3v) is 10.6. The second-order valence-electron chi connectivity index (χ2n) is 13.5. The fourth-order valence-electron chi connectivity index (χ4n) is 7.38. The summed E-state index contributed by atoms with van der Waals surface area (Å²) in [5, 5.41) is 3.34. The van der Waals surface area contributed by atoms with E-state index in [0.717, 1.165) is 75.0 Å². The topological polar surface area (TPSA) is 44.3 Å². The molecular formula is C35H45F4N5. The van der Waals surface area contributed by atoms with Crippen molar-refractivity contribution in [1.29, 1.82) is 0 Å². The van der Waals surface area contributed by atoms with Crippen LogP contribution in [-0.2, 0) is 5.92 Å². The Kier molecular flexibility index (Phi) is 8.79. The van der Waals surface area contributed by atoms with Crippen LogP contribution in [0.25, 0.3) is 6.08 Å². The number of hydrogen-bond acceptors (Lipinski definition) is 5. The van der Waals surface area contributed by atoms with Crippen LogP contribution in [0.5, 0.6) is 0 Å². The zero-order chi connectivity index (χ0) is 31.1. The van der Waals surface area contributed by atoms with E-state index in [1.54, 1.807) is 13.0 Å². The van der Waals surface area contributed by atoms with Gasteiger partial charge in [0.15, 0.2) is 0 Å². The number of anilines is 2. The molecule has 0 spiro atoms. The van der Waals surface area contributed by atoms with Gasteiger partial charge in [-0.2, -0.15) is 0 Å². The number of allylic oxidation sites excluding steroid dienone is 1. The highest BCUT2D eigenvalue weighted by molar-refractivity contribution is 5.83. The molecule has 44 heavy (non-hydrogen) atoms. The average Bonchev–Trinajstić information content (AvgIpc) is 3.77. The van der Waals surface area contributed by atoms with Crippen LogP contribution in [0.1, 0.15) is 101 Å². The maximum Gasteiger partial charge on any atom is 0.278 e. The summed E-state index contributed by atoms with van der Waals surface area (Å²) in [6.45, 7) is 9.60. The Morgan fingerprint density at radius 1 is 1.00 bits per heavy atom. The quantitative estimate of drug-likeness (QED) is 0.344. The lowest BCUT2D eigenvalue weighted by atomic mass is 9.84. The van der Waals surface area contributed by atoms with Gasteiger partial charge in [-0.25, -0.2) is 27.5 Å². The smallest absolute Gasteiger partial charge is 0.278 e. The van der Waals surface area contributed by atoms with Gasteiger partial charge in [-0.05, 0) is 75.6 Å². The van der Waals surface area contributed by atoms with E-state index < -0.39 is 35.9 Å². The molecule has 5 nitrogen and oxygen atoms in total. The molecule has 1 aromatic carbocycles. The van der Waals surface area contributed by atoms with Gasteiger partial charge in [-0.1, -0.05) is 57.4 Å². The van der Waals surface area contributed by atoms with Crippen molar-refractivity contribution in [2.45, 2.75) is 96.1 Å². The second-order valence-corrected chi connectivity index (χ2v) is 13.5. The molecule has 2 aromatic rings. The zero-order valence-electron chi connectivity index (χ0n) is 26.0. The SMILES string of the molecule is C=C1C(C2(C)CC2)=Cc2c3ncnc2N1CCCCCCCC(CF)N1CCC(CC1)C(F)(F)c1cccc(c1F)[C@@H](C)N3. The summed E-state index contributed by atoms with van der Waals surface area (Å²) in [6.07, 6.45) is 11.9. The van der Waals surface area contributed by atoms with E-state index in [-0.39, 0.29) is 29.9 Å². The maximum absolute atomic E-state index is 16.0. The average molecular weight is 612 g/mol. The number of alkyl halides is 3. The van der Waals surface area contributed by atoms with Crippen molar-refractivity contribution in [3.8, 4) is 0 Å². The van der Waals surface area contributed by atoms with E-state index >= 15 is 13.2 Å². The molecule has 4 aliphatic heterocycles. The monoisotopic (exact) mass is 611 g/mol. The van der Waals surface area contributed by atoms with Crippen molar-refractivity contribution < 1.29 is 17.6 Å². The number of rotatable bonds is 2. The highest BCUT2D eigenvalue weighted by atomic mass is 19.3. The van der Waals surface area contributed by atoms with Crippen molar-refractivity contribution in [1.82, 2.24) is 14.9 Å². The van der Waals surface area contributed by atoms with Gasteiger partial charge in [0.1, 0.15) is 30.5 Å². The van der Waals surface area contributed by atoms with Gasteiger partial charge in [0.25, 0.3) is 5.92 Å². The summed E-state index contributed by atoms with van der Waals surface area (Å²) in [5.41, 5.74) is 2.60. The number of nitrogens with one attached hydrogen (secondary N) is 1. The van der Waals surface area contributed by atoms with Gasteiger partial charge in [-0.15, -0.1) is 0 Å². The molecule has 1 N–H and O–H groups in total. The molecule has 1 aliphatic carbocycles. The Balaban J connectivity index is 1.36. The van der Waals surface area contributed by atoms with Crippen LogP contribution in [0.4, 0.5) is 29.2 Å². The molecule has 1 unspecified atom stereocenters. The second kappa shape index (κ2) is 12.5. The minimum Gasteiger partial charge on any atom is -0.363 e. The van der Waals surface area contributed by atoms with Gasteiger partial charge >= 0.3 is 0 Å². The van der Waals surface area contributed by atoms with Crippen molar-refractivity contribution in [2.75, 3.05) is 36.5 Å². The Morgan fingerprint density at radius 2 is 1.73 bits per heavy atom. The molecule has 7 rings (SSSR count). The number of piperidine rings is 1. The number of aromatic nitrogens is 2. The largest absolute Gasteiger partial charge is 0.363 e. The number of hydrogen-bond donors (Lipinski definition) is 1. The van der Waals surface area contributed by atoms with Crippen LogP contribution in [0.3, 0.4) is 0 Å². The van der Waals surface area contributed by atoms with Crippen molar-refractivity contribution in [3.63, 3.8) is 0 Å². The first-order chi connectivity index (χ1) is 21.1. The Morgan fingerprint density at radius 3 is 2.45 bits per heavy atom. The Labute approximate surface area is 258 Å². The molecule has 9 heteroatoms. The molecule has 2 fully saturated rings. The molecule has 238 valence electrons. The minimum atomic E-state index is -3.33. The molecule has 1 saturated heterocycles. The van der Waals surface area contributed by atoms with Gasteiger partial charge < -0.3 is 10.2 Å². The van der Waals surface area contributed by atoms with Crippen LogP contribution in [0, 0.1) is 17.2 Å². The summed E-state index contributed by atoms with van der Waals surface area (Å²) in [5.74, 6) is -3.91. The van der Waals surface area contributed by atoms with E-state index in [0.29, 0.717) is 18.9 Å². The summed E-state index contributed by atoms with van der Waals surface area (Å²) >= 11 is 0. The molecule has 8 bridgehead atoms. The number of halogens is 4. The van der Waals surface area contributed by atoms with Gasteiger partial charge in [0.2, 0.25) is 0 Å². The lowest BCUT2D eigenvalue weighted by Gasteiger charge is -2.39. The predicted molar refractivity (Wildman–Crippen MR) is 168 cm³/mol. The molecular weight excluding hydrogens is 566 g/mol. The first kappa shape index (κ1) is 31.1. The number of fused-ring (bicyclic) bond motifs is 10. The van der Waals surface area contributed by atoms with Gasteiger partial charge in [0.05, 0.1) is 17.2 Å². The van der Waals surface area contributed by atoms with Crippen LogP contribution >= 0.6 is 0 Å². The van der Waals surface area contributed by atoms with Crippen molar-refractivity contribution in [2.24, 2.45) is 11.3 Å². The number of nitrogens with zero attached hydrogens (tertiary/aromatic N) is 4. The summed E-state index contributed by atoms with van der Waals surface area (Å²) in [6, 6.07) is 3.42. The highest BCUT2D eigenvalue weighted by Crippen LogP contribution is 2.56. The third kappa shape index (κ3) is 5.88. The molecule has 5 aliphatic rings. The fourth-order valence-corrected chi connectivity index (χ4v) is 7.38. The van der Waals surface area contributed by atoms with E-state index in [2.05, 4.69) is 39.8 Å². The lowest BCUT2D eigenvalue weighted by Crippen LogP contribution is -2.45. The first-order valence-electron chi connectivity index (χ1n) is 16.4. The van der Waals surface area contributed by atoms with E-state index in [9.17, 15) is 4.39 Å². The summed E-state index contributed by atoms with van der Waals surface area (Å²) in [4.78, 5) is 13.4. The number of benzene rings is 1. The highest BCUT2D eigenvalue weighted by Gasteiger charge is 2.46. The lowest BCUT2D eigenvalue weighted by molar-refractivity contribution is -0.0917. The standard InChI is InChI=1S/C35H45F4N5/c1-23-27-11-9-12-29(31(27)37)35(38,39)25-13-18-43(19-14-25)26(21-36)10-7-5-4-6-8-17-44-24(2)30(34(3)15-16-34)20-28-32(42-23)40-22-41-33(28)44/h9,11-12,20,22-23,25-26H,2,4-8,10,13-19,21H2,1,3H3,(H,40,41,42)/t23-,26?/m1/s1. The van der Waals surface area contributed by atoms with E-state index in [4.69, 9.17) is 0 Å². The van der Waals surface area contributed by atoms with E-state index in [1.807, 2.05) is 4.90 Å². The predicted octanol–water partition coefficient (Wildman–Crippen LogP) is 8.80. The normalized spacial score (nSPS) is 28.7. The van der Waals surface area contributed by atoms with Gasteiger partial charge in [0, 0.05) is 29.8 Å². The maximum atomic E-state index is 16.0. The fraction of sp³-hybridized carbons (Fsp3) is 0.600. The minimum absolute atomic E-state index is 0.0468. The zero-order valence-corrected chi connectivity index (χ0v) is 26.0. The van der Waals surface area contributed by atoms with Crippen LogP contribution in [-0.4, -0.2) is 47.2 Å². The van der Waals surface area contributed by atoms with Crippen molar-refractivity contribution in [3.05, 3.63) is 64.9 Å². The van der Waals surface area contributed by atoms with E-state index in [1.165, 1.54) is 24.0 Å². The summed E-state index contributed by atoms with van der Waals surface area (Å²) < 4.78 is 62.0. The molecule has 1 saturated carbocycles. The molecule has 5 heterocycles. The summed E-state index contributed by atoms with van der Waals surface area (Å²) in [7, 11) is 0. The third-order valence-electron chi connectivity index (χ3n) is 10.6. The molecule has 0 radical (unpaired) electrons. The molecule has 1 aromatic heterocycles. The van der Waals surface area contributed by atoms with Crippen molar-refractivity contribution >= 4 is 17.7 Å². The Bertz CT molecular complexity index is 1400. The molecule has 2 atom stereocenters. The Hall–Kier alpha value is -2.94. The van der Waals surface area contributed by atoms with Gasteiger partial charge in [-0.3, -0.25) is 4.90 Å². The van der Waals surface area contributed by atoms with Crippen LogP contribution < -0.4 is 10.2 Å². The molecule has 0 amide bonds. The van der Waals surface area contributed by atoms with Crippen LogP contribution in [0.15, 0.2) is 42.4 Å². The van der Waals surface area contributed by atoms with Crippen LogP contribution in [0.2, 0.25) is 0 Å².